The first kappa shape index (κ1) is 14.8. The van der Waals surface area contributed by atoms with Crippen molar-refractivity contribution in [3.8, 4) is 6.07 Å². The van der Waals surface area contributed by atoms with Crippen LogP contribution in [-0.2, 0) is 9.47 Å². The Balaban J connectivity index is 1.53. The van der Waals surface area contributed by atoms with Crippen LogP contribution in [0.2, 0.25) is 0 Å². The van der Waals surface area contributed by atoms with Gasteiger partial charge < -0.3 is 9.47 Å². The van der Waals surface area contributed by atoms with Crippen LogP contribution in [0, 0.1) is 17.2 Å². The molecule has 0 amide bonds. The zero-order valence-corrected chi connectivity index (χ0v) is 12.0. The Morgan fingerprint density at radius 3 is 2.68 bits per heavy atom. The van der Waals surface area contributed by atoms with Crippen LogP contribution >= 0.6 is 0 Å². The third-order valence-electron chi connectivity index (χ3n) is 4.01. The van der Waals surface area contributed by atoms with Gasteiger partial charge in [-0.1, -0.05) is 0 Å². The minimum absolute atomic E-state index is 0.372. The SMILES string of the molecule is CC(C#N)(CCCOCC1CCOCC1)NC1CC1. The maximum atomic E-state index is 9.26. The third-order valence-corrected chi connectivity index (χ3v) is 4.01. The van der Waals surface area contributed by atoms with Crippen LogP contribution in [0.15, 0.2) is 0 Å². The fourth-order valence-electron chi connectivity index (χ4n) is 2.53. The molecular weight excluding hydrogens is 240 g/mol. The normalized spacial score (nSPS) is 23.8. The highest BCUT2D eigenvalue weighted by Gasteiger charge is 2.31. The van der Waals surface area contributed by atoms with Crippen molar-refractivity contribution in [1.29, 1.82) is 5.26 Å². The van der Waals surface area contributed by atoms with E-state index in [4.69, 9.17) is 9.47 Å². The van der Waals surface area contributed by atoms with E-state index >= 15 is 0 Å². The molecule has 108 valence electrons. The van der Waals surface area contributed by atoms with Gasteiger partial charge in [0.25, 0.3) is 0 Å². The van der Waals surface area contributed by atoms with Crippen LogP contribution in [-0.4, -0.2) is 38.0 Å². The standard InChI is InChI=1S/C15H26N2O2/c1-15(12-16,17-14-3-4-14)7-2-8-19-11-13-5-9-18-10-6-13/h13-14,17H,2-11H2,1H3. The Kier molecular flexibility index (Phi) is 5.62. The second-order valence-electron chi connectivity index (χ2n) is 6.10. The highest BCUT2D eigenvalue weighted by Crippen LogP contribution is 2.24. The molecule has 0 aromatic carbocycles. The minimum Gasteiger partial charge on any atom is -0.381 e. The molecule has 1 heterocycles. The zero-order chi connectivity index (χ0) is 13.6. The van der Waals surface area contributed by atoms with Gasteiger partial charge in [-0.2, -0.15) is 5.26 Å². The summed E-state index contributed by atoms with van der Waals surface area (Å²) in [6.07, 6.45) is 6.51. The van der Waals surface area contributed by atoms with E-state index in [-0.39, 0.29) is 5.54 Å². The summed E-state index contributed by atoms with van der Waals surface area (Å²) in [7, 11) is 0. The first-order valence-corrected chi connectivity index (χ1v) is 7.56. The largest absolute Gasteiger partial charge is 0.381 e. The summed E-state index contributed by atoms with van der Waals surface area (Å²) in [4.78, 5) is 0. The van der Waals surface area contributed by atoms with Gasteiger partial charge in [0.1, 0.15) is 5.54 Å². The molecule has 0 spiro atoms. The maximum absolute atomic E-state index is 9.26. The van der Waals surface area contributed by atoms with Gasteiger partial charge in [-0.05, 0) is 51.4 Å². The lowest BCUT2D eigenvalue weighted by Gasteiger charge is -2.24. The summed E-state index contributed by atoms with van der Waals surface area (Å²) in [6.45, 7) is 5.38. The van der Waals surface area contributed by atoms with Gasteiger partial charge in [-0.15, -0.1) is 0 Å². The number of hydrogen-bond donors (Lipinski definition) is 1. The number of ether oxygens (including phenoxy) is 2. The molecule has 1 N–H and O–H groups in total. The lowest BCUT2D eigenvalue weighted by Crippen LogP contribution is -2.42. The second kappa shape index (κ2) is 7.23. The summed E-state index contributed by atoms with van der Waals surface area (Å²) < 4.78 is 11.1. The van der Waals surface area contributed by atoms with Crippen molar-refractivity contribution in [1.82, 2.24) is 5.32 Å². The van der Waals surface area contributed by atoms with Gasteiger partial charge in [0.05, 0.1) is 6.07 Å². The van der Waals surface area contributed by atoms with Crippen LogP contribution in [0.4, 0.5) is 0 Å². The van der Waals surface area contributed by atoms with E-state index < -0.39 is 0 Å². The van der Waals surface area contributed by atoms with Gasteiger partial charge in [-0.25, -0.2) is 0 Å². The van der Waals surface area contributed by atoms with Crippen molar-refractivity contribution in [3.63, 3.8) is 0 Å². The molecule has 1 aliphatic carbocycles. The molecule has 2 rings (SSSR count). The third kappa shape index (κ3) is 5.48. The molecule has 0 aromatic heterocycles. The van der Waals surface area contributed by atoms with Crippen LogP contribution < -0.4 is 5.32 Å². The molecule has 0 bridgehead atoms. The molecule has 1 saturated carbocycles. The van der Waals surface area contributed by atoms with E-state index in [1.165, 1.54) is 12.8 Å². The minimum atomic E-state index is -0.372. The Labute approximate surface area is 116 Å². The van der Waals surface area contributed by atoms with E-state index in [0.29, 0.717) is 12.0 Å². The average molecular weight is 266 g/mol. The Bertz CT molecular complexity index is 306. The molecule has 1 aliphatic heterocycles. The second-order valence-corrected chi connectivity index (χ2v) is 6.10. The fraction of sp³-hybridized carbons (Fsp3) is 0.933. The van der Waals surface area contributed by atoms with Crippen molar-refractivity contribution < 1.29 is 9.47 Å². The lowest BCUT2D eigenvalue weighted by molar-refractivity contribution is 0.0192. The fourth-order valence-corrected chi connectivity index (χ4v) is 2.53. The molecular formula is C15H26N2O2. The van der Waals surface area contributed by atoms with Gasteiger partial charge in [-0.3, -0.25) is 5.32 Å². The van der Waals surface area contributed by atoms with Gasteiger partial charge in [0, 0.05) is 32.5 Å². The number of nitrogens with one attached hydrogen (secondary N) is 1. The number of nitriles is 1. The number of hydrogen-bond acceptors (Lipinski definition) is 4. The molecule has 4 nitrogen and oxygen atoms in total. The lowest BCUT2D eigenvalue weighted by atomic mass is 9.97. The molecule has 4 heteroatoms. The van der Waals surface area contributed by atoms with Crippen molar-refractivity contribution in [2.75, 3.05) is 26.4 Å². The Morgan fingerprint density at radius 2 is 2.05 bits per heavy atom. The Hall–Kier alpha value is -0.630. The molecule has 1 unspecified atom stereocenters. The van der Waals surface area contributed by atoms with E-state index in [0.717, 1.165) is 52.1 Å². The Morgan fingerprint density at radius 1 is 1.32 bits per heavy atom. The molecule has 2 aliphatic rings. The summed E-state index contributed by atoms with van der Waals surface area (Å²) in [5.41, 5.74) is -0.372. The van der Waals surface area contributed by atoms with Crippen molar-refractivity contribution in [2.45, 2.75) is 57.0 Å². The van der Waals surface area contributed by atoms with Crippen LogP contribution in [0.3, 0.4) is 0 Å². The molecule has 0 aromatic rings. The summed E-state index contributed by atoms with van der Waals surface area (Å²) >= 11 is 0. The summed E-state index contributed by atoms with van der Waals surface area (Å²) in [6, 6.07) is 2.98. The van der Waals surface area contributed by atoms with Gasteiger partial charge >= 0.3 is 0 Å². The topological polar surface area (TPSA) is 54.3 Å². The van der Waals surface area contributed by atoms with E-state index in [2.05, 4.69) is 11.4 Å². The van der Waals surface area contributed by atoms with Crippen molar-refractivity contribution >= 4 is 0 Å². The first-order valence-electron chi connectivity index (χ1n) is 7.56. The highest BCUT2D eigenvalue weighted by molar-refractivity contribution is 5.06. The molecule has 0 radical (unpaired) electrons. The molecule has 19 heavy (non-hydrogen) atoms. The predicted octanol–water partition coefficient (Wildman–Crippen LogP) is 2.24. The molecule has 1 saturated heterocycles. The summed E-state index contributed by atoms with van der Waals surface area (Å²) in [5, 5.41) is 12.7. The monoisotopic (exact) mass is 266 g/mol. The number of rotatable bonds is 8. The molecule has 2 fully saturated rings. The van der Waals surface area contributed by atoms with Crippen molar-refractivity contribution in [3.05, 3.63) is 0 Å². The summed E-state index contributed by atoms with van der Waals surface area (Å²) in [5.74, 6) is 0.667. The van der Waals surface area contributed by atoms with Crippen LogP contribution in [0.25, 0.3) is 0 Å². The zero-order valence-electron chi connectivity index (χ0n) is 12.0. The molecule has 1 atom stereocenters. The van der Waals surface area contributed by atoms with E-state index in [9.17, 15) is 5.26 Å². The smallest absolute Gasteiger partial charge is 0.104 e. The first-order chi connectivity index (χ1) is 9.22. The maximum Gasteiger partial charge on any atom is 0.104 e. The predicted molar refractivity (Wildman–Crippen MR) is 73.8 cm³/mol. The highest BCUT2D eigenvalue weighted by atomic mass is 16.5. The average Bonchev–Trinajstić information content (AvgIpc) is 3.23. The van der Waals surface area contributed by atoms with E-state index in [1.54, 1.807) is 0 Å². The van der Waals surface area contributed by atoms with Crippen LogP contribution in [0.1, 0.15) is 45.4 Å². The van der Waals surface area contributed by atoms with Gasteiger partial charge in [0.2, 0.25) is 0 Å². The van der Waals surface area contributed by atoms with Gasteiger partial charge in [0.15, 0.2) is 0 Å². The number of nitrogens with zero attached hydrogens (tertiary/aromatic N) is 1. The van der Waals surface area contributed by atoms with Crippen LogP contribution in [0.5, 0.6) is 0 Å². The van der Waals surface area contributed by atoms with Crippen molar-refractivity contribution in [2.24, 2.45) is 5.92 Å². The quantitative estimate of drug-likeness (QED) is 0.685. The van der Waals surface area contributed by atoms with E-state index in [1.807, 2.05) is 6.92 Å².